The number of piperazine rings is 1. The van der Waals surface area contributed by atoms with Crippen LogP contribution in [-0.4, -0.2) is 73.2 Å². The maximum Gasteiger partial charge on any atom is 0.410 e. The zero-order valence-electron chi connectivity index (χ0n) is 17.0. The van der Waals surface area contributed by atoms with E-state index >= 15 is 0 Å². The maximum atomic E-state index is 12.0. The first-order chi connectivity index (χ1) is 13.3. The van der Waals surface area contributed by atoms with Crippen molar-refractivity contribution < 1.29 is 14.3 Å². The van der Waals surface area contributed by atoms with Crippen LogP contribution >= 0.6 is 0 Å². The molecule has 2 saturated heterocycles. The van der Waals surface area contributed by atoms with Crippen LogP contribution < -0.4 is 10.2 Å². The molecule has 0 aliphatic carbocycles. The summed E-state index contributed by atoms with van der Waals surface area (Å²) in [5.74, 6) is 0.573. The number of anilines is 1. The highest BCUT2D eigenvalue weighted by Gasteiger charge is 2.35. The van der Waals surface area contributed by atoms with Crippen LogP contribution in [0.15, 0.2) is 18.2 Å². The van der Waals surface area contributed by atoms with Crippen LogP contribution in [0.2, 0.25) is 0 Å². The van der Waals surface area contributed by atoms with Gasteiger partial charge >= 0.3 is 6.09 Å². The Kier molecular flexibility index (Phi) is 4.95. The third-order valence-electron chi connectivity index (χ3n) is 5.64. The molecule has 1 N–H and O–H groups in total. The minimum Gasteiger partial charge on any atom is -0.444 e. The molecule has 0 saturated carbocycles. The molecule has 0 radical (unpaired) electrons. The Morgan fingerprint density at radius 2 is 1.89 bits per heavy atom. The van der Waals surface area contributed by atoms with Crippen molar-refractivity contribution in [2.45, 2.75) is 32.9 Å². The fraction of sp³-hybridized carbons (Fsp3) is 0.619. The van der Waals surface area contributed by atoms with Crippen molar-refractivity contribution in [3.63, 3.8) is 0 Å². The van der Waals surface area contributed by atoms with Gasteiger partial charge in [-0.05, 0) is 44.5 Å². The van der Waals surface area contributed by atoms with Crippen LogP contribution in [0.1, 0.15) is 36.7 Å². The molecular formula is C21H30N4O3. The van der Waals surface area contributed by atoms with Crippen molar-refractivity contribution in [2.75, 3.05) is 50.7 Å². The molecule has 1 aromatic carbocycles. The number of nitrogens with zero attached hydrogens (tertiary/aromatic N) is 3. The highest BCUT2D eigenvalue weighted by Crippen LogP contribution is 2.25. The molecular weight excluding hydrogens is 356 g/mol. The first-order valence-corrected chi connectivity index (χ1v) is 10.1. The van der Waals surface area contributed by atoms with Crippen molar-refractivity contribution in [3.05, 3.63) is 29.3 Å². The highest BCUT2D eigenvalue weighted by atomic mass is 16.6. The number of hydrogen-bond acceptors (Lipinski definition) is 5. The van der Waals surface area contributed by atoms with Gasteiger partial charge in [0.2, 0.25) is 0 Å². The molecule has 0 aromatic heterocycles. The van der Waals surface area contributed by atoms with Crippen LogP contribution in [-0.2, 0) is 11.3 Å². The second-order valence-corrected chi connectivity index (χ2v) is 9.06. The van der Waals surface area contributed by atoms with E-state index in [1.165, 1.54) is 5.69 Å². The molecule has 0 spiro atoms. The molecule has 7 nitrogen and oxygen atoms in total. The summed E-state index contributed by atoms with van der Waals surface area (Å²) in [6.45, 7) is 13.0. The number of rotatable bonds is 3. The number of ether oxygens (including phenoxy) is 1. The SMILES string of the molecule is CC(C)(C)OC(=O)N1CC(CN2CCN(c3ccc4c(c3)CNC4=O)CC2)C1. The minimum absolute atomic E-state index is 0.0345. The molecule has 2 fully saturated rings. The largest absolute Gasteiger partial charge is 0.444 e. The van der Waals surface area contributed by atoms with E-state index in [0.717, 1.165) is 56.9 Å². The average molecular weight is 386 g/mol. The molecule has 2 amide bonds. The van der Waals surface area contributed by atoms with Crippen LogP contribution in [0.3, 0.4) is 0 Å². The van der Waals surface area contributed by atoms with Crippen LogP contribution in [0.4, 0.5) is 10.5 Å². The summed E-state index contributed by atoms with van der Waals surface area (Å²) >= 11 is 0. The van der Waals surface area contributed by atoms with Gasteiger partial charge < -0.3 is 19.9 Å². The molecule has 1 aromatic rings. The quantitative estimate of drug-likeness (QED) is 0.860. The van der Waals surface area contributed by atoms with Crippen LogP contribution in [0, 0.1) is 5.92 Å². The van der Waals surface area contributed by atoms with Gasteiger partial charge in [-0.15, -0.1) is 0 Å². The monoisotopic (exact) mass is 386 g/mol. The lowest BCUT2D eigenvalue weighted by molar-refractivity contribution is -0.00658. The second kappa shape index (κ2) is 7.28. The predicted octanol–water partition coefficient (Wildman–Crippen LogP) is 1.92. The van der Waals surface area contributed by atoms with Crippen molar-refractivity contribution >= 4 is 17.7 Å². The molecule has 7 heteroatoms. The van der Waals surface area contributed by atoms with Crippen LogP contribution in [0.5, 0.6) is 0 Å². The normalized spacial score (nSPS) is 20.6. The van der Waals surface area contributed by atoms with Gasteiger partial charge in [0.25, 0.3) is 5.91 Å². The number of amides is 2. The van der Waals surface area contributed by atoms with Gasteiger partial charge in [0.05, 0.1) is 0 Å². The highest BCUT2D eigenvalue weighted by molar-refractivity contribution is 5.98. The molecule has 0 atom stereocenters. The van der Waals surface area contributed by atoms with Crippen molar-refractivity contribution in [1.29, 1.82) is 0 Å². The first kappa shape index (κ1) is 19.1. The lowest BCUT2D eigenvalue weighted by Crippen LogP contribution is -2.57. The summed E-state index contributed by atoms with van der Waals surface area (Å²) in [6, 6.07) is 6.15. The summed E-state index contributed by atoms with van der Waals surface area (Å²) in [5, 5.41) is 2.88. The first-order valence-electron chi connectivity index (χ1n) is 10.1. The number of hydrogen-bond donors (Lipinski definition) is 1. The van der Waals surface area contributed by atoms with E-state index in [9.17, 15) is 9.59 Å². The molecule has 152 valence electrons. The van der Waals surface area contributed by atoms with E-state index in [1.807, 2.05) is 26.8 Å². The van der Waals surface area contributed by atoms with E-state index in [0.29, 0.717) is 12.5 Å². The van der Waals surface area contributed by atoms with Gasteiger partial charge in [-0.2, -0.15) is 0 Å². The number of fused-ring (bicyclic) bond motifs is 1. The third kappa shape index (κ3) is 4.09. The van der Waals surface area contributed by atoms with Crippen molar-refractivity contribution in [3.8, 4) is 0 Å². The fourth-order valence-electron chi connectivity index (χ4n) is 4.13. The number of likely N-dealkylation sites (tertiary alicyclic amines) is 1. The lowest BCUT2D eigenvalue weighted by Gasteiger charge is -2.44. The van der Waals surface area contributed by atoms with Gasteiger partial charge in [0.15, 0.2) is 0 Å². The Balaban J connectivity index is 1.22. The van der Waals surface area contributed by atoms with E-state index in [1.54, 1.807) is 4.90 Å². The van der Waals surface area contributed by atoms with Gasteiger partial charge in [-0.1, -0.05) is 0 Å². The Labute approximate surface area is 166 Å². The topological polar surface area (TPSA) is 65.1 Å². The standard InChI is InChI=1S/C21H30N4O3/c1-21(2,3)28-20(27)25-13-15(14-25)12-23-6-8-24(9-7-23)17-4-5-18-16(10-17)11-22-19(18)26/h4-5,10,15H,6-9,11-14H2,1-3H3,(H,22,26). The molecule has 3 heterocycles. The Morgan fingerprint density at radius 1 is 1.18 bits per heavy atom. The van der Waals surface area contributed by atoms with Crippen molar-refractivity contribution in [2.24, 2.45) is 5.92 Å². The minimum atomic E-state index is -0.431. The molecule has 0 unspecified atom stereocenters. The number of carbonyl (C=O) groups excluding carboxylic acids is 2. The van der Waals surface area contributed by atoms with Gasteiger partial charge in [-0.25, -0.2) is 4.79 Å². The Bertz CT molecular complexity index is 759. The zero-order chi connectivity index (χ0) is 19.9. The van der Waals surface area contributed by atoms with Crippen LogP contribution in [0.25, 0.3) is 0 Å². The Hall–Kier alpha value is -2.28. The number of benzene rings is 1. The van der Waals surface area contributed by atoms with E-state index < -0.39 is 5.60 Å². The smallest absolute Gasteiger partial charge is 0.410 e. The molecule has 3 aliphatic heterocycles. The number of nitrogens with one attached hydrogen (secondary N) is 1. The Morgan fingerprint density at radius 3 is 2.57 bits per heavy atom. The third-order valence-corrected chi connectivity index (χ3v) is 5.64. The summed E-state index contributed by atoms with van der Waals surface area (Å²) in [4.78, 5) is 30.4. The molecule has 4 rings (SSSR count). The number of carbonyl (C=O) groups is 2. The summed E-state index contributed by atoms with van der Waals surface area (Å²) in [5.41, 5.74) is 2.68. The average Bonchev–Trinajstić information content (AvgIpc) is 2.97. The van der Waals surface area contributed by atoms with E-state index in [-0.39, 0.29) is 12.0 Å². The van der Waals surface area contributed by atoms with Gasteiger partial charge in [0, 0.05) is 69.5 Å². The molecule has 28 heavy (non-hydrogen) atoms. The molecule has 3 aliphatic rings. The summed E-state index contributed by atoms with van der Waals surface area (Å²) < 4.78 is 5.42. The predicted molar refractivity (Wildman–Crippen MR) is 108 cm³/mol. The summed E-state index contributed by atoms with van der Waals surface area (Å²) in [6.07, 6.45) is -0.196. The van der Waals surface area contributed by atoms with E-state index in [4.69, 9.17) is 4.74 Å². The summed E-state index contributed by atoms with van der Waals surface area (Å²) in [7, 11) is 0. The van der Waals surface area contributed by atoms with Gasteiger partial charge in [0.1, 0.15) is 5.60 Å². The second-order valence-electron chi connectivity index (χ2n) is 9.06. The molecule has 0 bridgehead atoms. The van der Waals surface area contributed by atoms with Crippen molar-refractivity contribution in [1.82, 2.24) is 15.1 Å². The fourth-order valence-corrected chi connectivity index (χ4v) is 4.13. The van der Waals surface area contributed by atoms with E-state index in [2.05, 4.69) is 27.2 Å². The van der Waals surface area contributed by atoms with Gasteiger partial charge in [-0.3, -0.25) is 9.69 Å². The maximum absolute atomic E-state index is 12.0. The zero-order valence-corrected chi connectivity index (χ0v) is 17.0. The lowest BCUT2D eigenvalue weighted by atomic mass is 9.99.